The molecule has 26 heavy (non-hydrogen) atoms. The van der Waals surface area contributed by atoms with Gasteiger partial charge < -0.3 is 15.4 Å². The average molecular weight is 354 g/mol. The Bertz CT molecular complexity index is 769. The molecule has 0 saturated heterocycles. The number of hydrogen-bond acceptors (Lipinski definition) is 3. The summed E-state index contributed by atoms with van der Waals surface area (Å²) >= 11 is 0. The van der Waals surface area contributed by atoms with E-state index in [0.717, 1.165) is 5.56 Å². The van der Waals surface area contributed by atoms with Crippen LogP contribution in [-0.2, 0) is 4.79 Å². The zero-order valence-corrected chi connectivity index (χ0v) is 15.7. The van der Waals surface area contributed by atoms with E-state index >= 15 is 0 Å². The van der Waals surface area contributed by atoms with Crippen LogP contribution in [0.1, 0.15) is 49.5 Å². The molecular weight excluding hydrogens is 328 g/mol. The Balaban J connectivity index is 1.97. The van der Waals surface area contributed by atoms with Gasteiger partial charge in [0, 0.05) is 17.3 Å². The highest BCUT2D eigenvalue weighted by molar-refractivity contribution is 5.97. The fourth-order valence-corrected chi connectivity index (χ4v) is 2.51. The molecule has 138 valence electrons. The molecule has 0 aliphatic heterocycles. The van der Waals surface area contributed by atoms with Gasteiger partial charge in [0.05, 0.1) is 0 Å². The van der Waals surface area contributed by atoms with Gasteiger partial charge in [-0.05, 0) is 49.6 Å². The first-order valence-electron chi connectivity index (χ1n) is 8.79. The zero-order valence-electron chi connectivity index (χ0n) is 15.7. The van der Waals surface area contributed by atoms with E-state index in [-0.39, 0.29) is 24.5 Å². The molecule has 0 aliphatic carbocycles. The van der Waals surface area contributed by atoms with Crippen molar-refractivity contribution in [2.45, 2.75) is 39.7 Å². The van der Waals surface area contributed by atoms with Crippen LogP contribution >= 0.6 is 0 Å². The van der Waals surface area contributed by atoms with Crippen molar-refractivity contribution in [3.8, 4) is 5.75 Å². The Kier molecular flexibility index (Phi) is 6.78. The van der Waals surface area contributed by atoms with Crippen molar-refractivity contribution in [1.29, 1.82) is 0 Å². The number of anilines is 1. The summed E-state index contributed by atoms with van der Waals surface area (Å²) in [6.07, 6.45) is 0. The van der Waals surface area contributed by atoms with E-state index in [1.54, 1.807) is 24.3 Å². The van der Waals surface area contributed by atoms with Gasteiger partial charge in [-0.2, -0.15) is 0 Å². The Hall–Kier alpha value is -2.82. The Morgan fingerprint density at radius 2 is 1.73 bits per heavy atom. The standard InChI is InChI=1S/C21H26N2O3/c1-14(2)18-10-5-6-11-19(18)26-13-20(24)23-17-9-7-8-16(12-17)21(25)22-15(3)4/h5-12,14-15H,13H2,1-4H3,(H,22,25)(H,23,24). The smallest absolute Gasteiger partial charge is 0.262 e. The van der Waals surface area contributed by atoms with E-state index in [1.165, 1.54) is 0 Å². The highest BCUT2D eigenvalue weighted by Crippen LogP contribution is 2.25. The third-order valence-corrected chi connectivity index (χ3v) is 3.73. The number of amides is 2. The Morgan fingerprint density at radius 1 is 1.00 bits per heavy atom. The largest absolute Gasteiger partial charge is 0.483 e. The highest BCUT2D eigenvalue weighted by atomic mass is 16.5. The first-order valence-corrected chi connectivity index (χ1v) is 8.79. The molecule has 0 radical (unpaired) electrons. The highest BCUT2D eigenvalue weighted by Gasteiger charge is 2.11. The van der Waals surface area contributed by atoms with E-state index in [9.17, 15) is 9.59 Å². The SMILES string of the molecule is CC(C)NC(=O)c1cccc(NC(=O)COc2ccccc2C(C)C)c1. The molecular formula is C21H26N2O3. The molecule has 0 bridgehead atoms. The number of rotatable bonds is 7. The van der Waals surface area contributed by atoms with E-state index in [2.05, 4.69) is 24.5 Å². The van der Waals surface area contributed by atoms with Crippen LogP contribution in [0.4, 0.5) is 5.69 Å². The molecule has 2 aromatic carbocycles. The molecule has 0 saturated carbocycles. The lowest BCUT2D eigenvalue weighted by Gasteiger charge is -2.14. The van der Waals surface area contributed by atoms with Crippen molar-refractivity contribution in [2.75, 3.05) is 11.9 Å². The Labute approximate surface area is 154 Å². The molecule has 0 unspecified atom stereocenters. The maximum Gasteiger partial charge on any atom is 0.262 e. The number of nitrogens with one attached hydrogen (secondary N) is 2. The second-order valence-electron chi connectivity index (χ2n) is 6.74. The summed E-state index contributed by atoms with van der Waals surface area (Å²) in [7, 11) is 0. The van der Waals surface area contributed by atoms with Crippen LogP contribution in [0, 0.1) is 0 Å². The predicted molar refractivity (Wildman–Crippen MR) is 104 cm³/mol. The fourth-order valence-electron chi connectivity index (χ4n) is 2.51. The summed E-state index contributed by atoms with van der Waals surface area (Å²) in [4.78, 5) is 24.2. The van der Waals surface area contributed by atoms with Crippen molar-refractivity contribution in [1.82, 2.24) is 5.32 Å². The summed E-state index contributed by atoms with van der Waals surface area (Å²) in [6.45, 7) is 7.86. The molecule has 0 aromatic heterocycles. The lowest BCUT2D eigenvalue weighted by atomic mass is 10.0. The quantitative estimate of drug-likeness (QED) is 0.791. The van der Waals surface area contributed by atoms with Crippen LogP contribution in [0.3, 0.4) is 0 Å². The summed E-state index contributed by atoms with van der Waals surface area (Å²) in [5.41, 5.74) is 2.13. The number of hydrogen-bond donors (Lipinski definition) is 2. The van der Waals surface area contributed by atoms with Crippen molar-refractivity contribution < 1.29 is 14.3 Å². The summed E-state index contributed by atoms with van der Waals surface area (Å²) in [5.74, 6) is 0.580. The molecule has 2 amide bonds. The van der Waals surface area contributed by atoms with Crippen molar-refractivity contribution in [3.63, 3.8) is 0 Å². The lowest BCUT2D eigenvalue weighted by Crippen LogP contribution is -2.30. The molecule has 0 heterocycles. The minimum absolute atomic E-state index is 0.0511. The van der Waals surface area contributed by atoms with Gasteiger partial charge in [-0.3, -0.25) is 9.59 Å². The number of benzene rings is 2. The lowest BCUT2D eigenvalue weighted by molar-refractivity contribution is -0.118. The van der Waals surface area contributed by atoms with Gasteiger partial charge >= 0.3 is 0 Å². The fraction of sp³-hybridized carbons (Fsp3) is 0.333. The molecule has 0 aliphatic rings. The summed E-state index contributed by atoms with van der Waals surface area (Å²) < 4.78 is 5.67. The maximum atomic E-state index is 12.2. The monoisotopic (exact) mass is 354 g/mol. The topological polar surface area (TPSA) is 67.4 Å². The van der Waals surface area contributed by atoms with Crippen molar-refractivity contribution in [3.05, 3.63) is 59.7 Å². The molecule has 5 nitrogen and oxygen atoms in total. The minimum atomic E-state index is -0.273. The van der Waals surface area contributed by atoms with Gasteiger partial charge in [-0.25, -0.2) is 0 Å². The van der Waals surface area contributed by atoms with E-state index in [4.69, 9.17) is 4.74 Å². The normalized spacial score (nSPS) is 10.7. The molecule has 2 N–H and O–H groups in total. The maximum absolute atomic E-state index is 12.2. The number of ether oxygens (including phenoxy) is 1. The molecule has 0 atom stereocenters. The number of carbonyl (C=O) groups is 2. The van der Waals surface area contributed by atoms with Crippen LogP contribution < -0.4 is 15.4 Å². The van der Waals surface area contributed by atoms with Crippen LogP contribution in [0.25, 0.3) is 0 Å². The van der Waals surface area contributed by atoms with Gasteiger partial charge in [-0.1, -0.05) is 38.1 Å². The predicted octanol–water partition coefficient (Wildman–Crippen LogP) is 3.97. The first-order chi connectivity index (χ1) is 12.4. The van der Waals surface area contributed by atoms with Crippen molar-refractivity contribution >= 4 is 17.5 Å². The zero-order chi connectivity index (χ0) is 19.1. The van der Waals surface area contributed by atoms with Gasteiger partial charge in [0.15, 0.2) is 6.61 Å². The van der Waals surface area contributed by atoms with Gasteiger partial charge in [0.2, 0.25) is 0 Å². The van der Waals surface area contributed by atoms with E-state index < -0.39 is 0 Å². The number of para-hydroxylation sites is 1. The summed E-state index contributed by atoms with van der Waals surface area (Å²) in [5, 5.41) is 5.59. The second-order valence-corrected chi connectivity index (χ2v) is 6.74. The van der Waals surface area contributed by atoms with Crippen LogP contribution in [-0.4, -0.2) is 24.5 Å². The van der Waals surface area contributed by atoms with Crippen LogP contribution in [0.15, 0.2) is 48.5 Å². The van der Waals surface area contributed by atoms with Gasteiger partial charge in [0.25, 0.3) is 11.8 Å². The average Bonchev–Trinajstić information content (AvgIpc) is 2.59. The van der Waals surface area contributed by atoms with Gasteiger partial charge in [-0.15, -0.1) is 0 Å². The third-order valence-electron chi connectivity index (χ3n) is 3.73. The molecule has 5 heteroatoms. The Morgan fingerprint density at radius 3 is 2.42 bits per heavy atom. The van der Waals surface area contributed by atoms with E-state index in [1.807, 2.05) is 38.1 Å². The summed E-state index contributed by atoms with van der Waals surface area (Å²) in [6, 6.07) is 14.6. The molecule has 2 aromatic rings. The van der Waals surface area contributed by atoms with Gasteiger partial charge in [0.1, 0.15) is 5.75 Å². The second kappa shape index (κ2) is 9.04. The number of carbonyl (C=O) groups excluding carboxylic acids is 2. The van der Waals surface area contributed by atoms with Crippen LogP contribution in [0.5, 0.6) is 5.75 Å². The minimum Gasteiger partial charge on any atom is -0.483 e. The van der Waals surface area contributed by atoms with Crippen LogP contribution in [0.2, 0.25) is 0 Å². The molecule has 0 fully saturated rings. The van der Waals surface area contributed by atoms with E-state index in [0.29, 0.717) is 22.9 Å². The molecule has 2 rings (SSSR count). The van der Waals surface area contributed by atoms with Crippen molar-refractivity contribution in [2.24, 2.45) is 0 Å². The third kappa shape index (κ3) is 5.62. The molecule has 0 spiro atoms. The first kappa shape index (κ1) is 19.5.